The highest BCUT2D eigenvalue weighted by atomic mass is 32.2. The number of benzene rings is 3. The van der Waals surface area contributed by atoms with Crippen LogP contribution in [0.5, 0.6) is 0 Å². The third-order valence-electron chi connectivity index (χ3n) is 4.82. The molecular weight excluding hydrogens is 516 g/mol. The van der Waals surface area contributed by atoms with E-state index in [1.807, 2.05) is 0 Å². The fraction of sp³-hybridized carbons (Fsp3) is 0. The van der Waals surface area contributed by atoms with E-state index in [0.717, 1.165) is 24.3 Å². The molecule has 0 radical (unpaired) electrons. The molecule has 0 unspecified atom stereocenters. The van der Waals surface area contributed by atoms with Gasteiger partial charge in [-0.05, 0) is 34.4 Å². The minimum Gasteiger partial charge on any atom is -0.282 e. The maximum absolute atomic E-state index is 11.6. The number of hydrogen-bond acceptors (Lipinski definition) is 8. The molecule has 0 aromatic heterocycles. The van der Waals surface area contributed by atoms with Gasteiger partial charge < -0.3 is 0 Å². The molecule has 12 nitrogen and oxygen atoms in total. The minimum atomic E-state index is -4.72. The van der Waals surface area contributed by atoms with E-state index >= 15 is 0 Å². The molecule has 0 saturated heterocycles. The molecule has 3 rings (SSSR count). The van der Waals surface area contributed by atoms with Gasteiger partial charge in [0.2, 0.25) is 0 Å². The Balaban J connectivity index is 1.86. The Kier molecular flexibility index (Phi) is 7.45. The van der Waals surface area contributed by atoms with Crippen LogP contribution in [0.1, 0.15) is 22.3 Å². The van der Waals surface area contributed by atoms with Crippen LogP contribution in [-0.2, 0) is 20.2 Å². The average molecular weight is 533 g/mol. The zero-order chi connectivity index (χ0) is 26.7. The SMILES string of the molecule is O=[N+]([O-])c1ccc(/C=C/c2ccc(/C=C/c3ccc([N+](=O)[O-])cc3S(=O)(=O)O)cc2)c(S(=O)(=O)O)c1. The van der Waals surface area contributed by atoms with E-state index in [-0.39, 0.29) is 11.1 Å². The van der Waals surface area contributed by atoms with Crippen LogP contribution in [0.3, 0.4) is 0 Å². The average Bonchev–Trinajstić information content (AvgIpc) is 2.80. The Morgan fingerprint density at radius 2 is 0.917 bits per heavy atom. The fourth-order valence-corrected chi connectivity index (χ4v) is 4.49. The van der Waals surface area contributed by atoms with Crippen LogP contribution in [0.4, 0.5) is 11.4 Å². The summed E-state index contributed by atoms with van der Waals surface area (Å²) in [4.78, 5) is 19.0. The van der Waals surface area contributed by atoms with E-state index in [2.05, 4.69) is 0 Å². The summed E-state index contributed by atoms with van der Waals surface area (Å²) in [5.41, 5.74) is 0.259. The highest BCUT2D eigenvalue weighted by molar-refractivity contribution is 7.86. The molecule has 0 aliphatic heterocycles. The predicted octanol–water partition coefficient (Wildman–Crippen LogP) is 4.34. The summed E-state index contributed by atoms with van der Waals surface area (Å²) >= 11 is 0. The number of nitro groups is 2. The second kappa shape index (κ2) is 10.2. The van der Waals surface area contributed by atoms with Gasteiger partial charge in [0, 0.05) is 24.3 Å². The zero-order valence-electron chi connectivity index (χ0n) is 18.0. The number of nitrogens with zero attached hydrogens (tertiary/aromatic N) is 2. The normalized spacial score (nSPS) is 12.3. The van der Waals surface area contributed by atoms with Crippen molar-refractivity contribution >= 4 is 55.9 Å². The molecule has 36 heavy (non-hydrogen) atoms. The summed E-state index contributed by atoms with van der Waals surface area (Å²) in [6.45, 7) is 0. The van der Waals surface area contributed by atoms with Gasteiger partial charge in [0.1, 0.15) is 9.79 Å². The lowest BCUT2D eigenvalue weighted by Gasteiger charge is -2.04. The molecule has 0 bridgehead atoms. The van der Waals surface area contributed by atoms with Crippen LogP contribution < -0.4 is 0 Å². The Labute approximate surface area is 204 Å². The van der Waals surface area contributed by atoms with Crippen molar-refractivity contribution in [1.29, 1.82) is 0 Å². The van der Waals surface area contributed by atoms with Crippen LogP contribution in [0.25, 0.3) is 24.3 Å². The molecule has 3 aromatic carbocycles. The highest BCUT2D eigenvalue weighted by Crippen LogP contribution is 2.25. The molecule has 0 spiro atoms. The first kappa shape index (κ1) is 26.4. The number of rotatable bonds is 8. The molecule has 2 N–H and O–H groups in total. The molecule has 0 fully saturated rings. The van der Waals surface area contributed by atoms with Gasteiger partial charge in [-0.25, -0.2) is 0 Å². The van der Waals surface area contributed by atoms with Crippen molar-refractivity contribution in [3.8, 4) is 0 Å². The maximum atomic E-state index is 11.6. The first-order valence-corrected chi connectivity index (χ1v) is 12.6. The van der Waals surface area contributed by atoms with Crippen LogP contribution in [0.15, 0.2) is 70.5 Å². The lowest BCUT2D eigenvalue weighted by atomic mass is 10.1. The Morgan fingerprint density at radius 1 is 0.583 bits per heavy atom. The van der Waals surface area contributed by atoms with Crippen molar-refractivity contribution in [2.75, 3.05) is 0 Å². The van der Waals surface area contributed by atoms with E-state index in [0.29, 0.717) is 11.1 Å². The number of non-ortho nitro benzene ring substituents is 2. The third kappa shape index (κ3) is 6.45. The first-order chi connectivity index (χ1) is 16.8. The Hall–Kier alpha value is -4.24. The molecule has 0 atom stereocenters. The molecule has 14 heteroatoms. The molecule has 3 aromatic rings. The third-order valence-corrected chi connectivity index (χ3v) is 6.64. The molecule has 0 aliphatic carbocycles. The van der Waals surface area contributed by atoms with Gasteiger partial charge in [-0.2, -0.15) is 16.8 Å². The van der Waals surface area contributed by atoms with Gasteiger partial charge in [-0.1, -0.05) is 48.6 Å². The Morgan fingerprint density at radius 3 is 1.19 bits per heavy atom. The molecule has 186 valence electrons. The van der Waals surface area contributed by atoms with Gasteiger partial charge in [0.25, 0.3) is 31.6 Å². The monoisotopic (exact) mass is 532 g/mol. The molecular formula is C22H16N2O10S2. The van der Waals surface area contributed by atoms with Crippen molar-refractivity contribution in [2.24, 2.45) is 0 Å². The van der Waals surface area contributed by atoms with Crippen LogP contribution in [0.2, 0.25) is 0 Å². The summed E-state index contributed by atoms with van der Waals surface area (Å²) in [5, 5.41) is 21.8. The van der Waals surface area contributed by atoms with Gasteiger partial charge in [0.05, 0.1) is 9.85 Å². The van der Waals surface area contributed by atoms with Crippen molar-refractivity contribution in [2.45, 2.75) is 9.79 Å². The van der Waals surface area contributed by atoms with E-state index in [1.54, 1.807) is 24.3 Å². The van der Waals surface area contributed by atoms with Crippen molar-refractivity contribution in [3.63, 3.8) is 0 Å². The maximum Gasteiger partial charge on any atom is 0.295 e. The quantitative estimate of drug-likeness (QED) is 0.182. The predicted molar refractivity (Wildman–Crippen MR) is 130 cm³/mol. The topological polar surface area (TPSA) is 195 Å². The Bertz CT molecular complexity index is 1500. The van der Waals surface area contributed by atoms with Crippen molar-refractivity contribution in [3.05, 3.63) is 103 Å². The van der Waals surface area contributed by atoms with Crippen molar-refractivity contribution in [1.82, 2.24) is 0 Å². The van der Waals surface area contributed by atoms with Gasteiger partial charge in [0.15, 0.2) is 0 Å². The number of hydrogen-bond donors (Lipinski definition) is 2. The minimum absolute atomic E-state index is 0.0305. The number of nitro benzene ring substituents is 2. The lowest BCUT2D eigenvalue weighted by Crippen LogP contribution is -2.02. The summed E-state index contributed by atoms with van der Waals surface area (Å²) < 4.78 is 65.3. The summed E-state index contributed by atoms with van der Waals surface area (Å²) in [6, 6.07) is 12.6. The molecule has 0 aliphatic rings. The van der Waals surface area contributed by atoms with Gasteiger partial charge >= 0.3 is 0 Å². The fourth-order valence-electron chi connectivity index (χ4n) is 3.09. The van der Waals surface area contributed by atoms with Crippen molar-refractivity contribution < 1.29 is 35.8 Å². The van der Waals surface area contributed by atoms with Crippen LogP contribution >= 0.6 is 0 Å². The van der Waals surface area contributed by atoms with E-state index < -0.39 is 51.2 Å². The summed E-state index contributed by atoms with van der Waals surface area (Å²) in [6.07, 6.45) is 5.73. The van der Waals surface area contributed by atoms with Crippen LogP contribution in [0, 0.1) is 20.2 Å². The molecule has 0 saturated carbocycles. The highest BCUT2D eigenvalue weighted by Gasteiger charge is 2.20. The van der Waals surface area contributed by atoms with E-state index in [1.165, 1.54) is 36.4 Å². The smallest absolute Gasteiger partial charge is 0.282 e. The lowest BCUT2D eigenvalue weighted by molar-refractivity contribution is -0.385. The molecule has 0 heterocycles. The van der Waals surface area contributed by atoms with E-state index in [4.69, 9.17) is 0 Å². The standard InChI is InChI=1S/C22H16N2O10S2/c25-23(26)19-11-9-17(21(13-19)35(29,30)31)7-5-15-1-2-16(4-3-15)6-8-18-10-12-20(24(27)28)14-22(18)36(32,33)34/h1-14H,(H,29,30,31)(H,32,33,34)/b7-5+,8-6+. The molecule has 0 amide bonds. The first-order valence-electron chi connectivity index (χ1n) is 9.74. The van der Waals surface area contributed by atoms with Gasteiger partial charge in [-0.3, -0.25) is 29.3 Å². The second-order valence-electron chi connectivity index (χ2n) is 7.24. The van der Waals surface area contributed by atoms with Crippen LogP contribution in [-0.4, -0.2) is 35.8 Å². The zero-order valence-corrected chi connectivity index (χ0v) is 19.6. The van der Waals surface area contributed by atoms with Gasteiger partial charge in [-0.15, -0.1) is 0 Å². The van der Waals surface area contributed by atoms with E-state index in [9.17, 15) is 46.2 Å². The largest absolute Gasteiger partial charge is 0.295 e. The second-order valence-corrected chi connectivity index (χ2v) is 10.0. The summed E-state index contributed by atoms with van der Waals surface area (Å²) in [7, 11) is -9.44. The summed E-state index contributed by atoms with van der Waals surface area (Å²) in [5.74, 6) is 0.